The predicted octanol–water partition coefficient (Wildman–Crippen LogP) is 0.865. The molecule has 2 heterocycles. The lowest BCUT2D eigenvalue weighted by Gasteiger charge is -2.28. The molecule has 0 N–H and O–H groups in total. The summed E-state index contributed by atoms with van der Waals surface area (Å²) < 4.78 is 1.65. The molecule has 12 heteroatoms. The lowest BCUT2D eigenvalue weighted by atomic mass is 10.1. The summed E-state index contributed by atoms with van der Waals surface area (Å²) >= 11 is 4.24. The van der Waals surface area contributed by atoms with Crippen LogP contribution in [0.25, 0.3) is 6.08 Å². The SMILES string of the molecule is CC(/C=C/c1c([O-])n(C)c(=O)n(C)c1=O)=C\C=C1C(=O)N(C)C(=O)N(C)C1=O.II. The molecule has 0 bridgehead atoms. The highest BCUT2D eigenvalue weighted by atomic mass is 128. The summed E-state index contributed by atoms with van der Waals surface area (Å²) in [5.41, 5.74) is -1.32. The first-order chi connectivity index (χ1) is 14.0. The number of halogens is 2. The van der Waals surface area contributed by atoms with E-state index in [1.54, 1.807) is 6.92 Å². The Hall–Kier alpha value is -2.23. The summed E-state index contributed by atoms with van der Waals surface area (Å²) in [5.74, 6) is -2.18. The van der Waals surface area contributed by atoms with Crippen molar-refractivity contribution < 1.29 is 19.5 Å². The number of imide groups is 2. The number of carbonyl (C=O) groups excluding carboxylic acids is 3. The van der Waals surface area contributed by atoms with E-state index in [0.717, 1.165) is 18.9 Å². The van der Waals surface area contributed by atoms with Gasteiger partial charge in [0.05, 0.1) is 0 Å². The van der Waals surface area contributed by atoms with Crippen molar-refractivity contribution in [2.75, 3.05) is 14.1 Å². The number of hydrogen-bond donors (Lipinski definition) is 0. The van der Waals surface area contributed by atoms with E-state index >= 15 is 0 Å². The van der Waals surface area contributed by atoms with Gasteiger partial charge >= 0.3 is 11.7 Å². The number of barbiturate groups is 1. The van der Waals surface area contributed by atoms with Crippen molar-refractivity contribution >= 4 is 61.2 Å². The number of allylic oxidation sites excluding steroid dienone is 4. The zero-order valence-electron chi connectivity index (χ0n) is 16.8. The Morgan fingerprint density at radius 2 is 1.40 bits per heavy atom. The highest BCUT2D eigenvalue weighted by Gasteiger charge is 2.37. The molecule has 0 spiro atoms. The highest BCUT2D eigenvalue weighted by molar-refractivity contribution is 15.0. The number of aromatic nitrogens is 2. The third-order valence-corrected chi connectivity index (χ3v) is 4.31. The van der Waals surface area contributed by atoms with Crippen molar-refractivity contribution in [1.29, 1.82) is 0 Å². The third kappa shape index (κ3) is 5.08. The van der Waals surface area contributed by atoms with Crippen LogP contribution in [0.4, 0.5) is 4.79 Å². The van der Waals surface area contributed by atoms with Gasteiger partial charge in [-0.25, -0.2) is 9.59 Å². The maximum absolute atomic E-state index is 12.1. The van der Waals surface area contributed by atoms with Crippen molar-refractivity contribution in [1.82, 2.24) is 18.9 Å². The van der Waals surface area contributed by atoms with Gasteiger partial charge < -0.3 is 9.67 Å². The molecule has 0 radical (unpaired) electrons. The normalized spacial score (nSPS) is 15.0. The van der Waals surface area contributed by atoms with Gasteiger partial charge in [-0.05, 0) is 25.0 Å². The lowest BCUT2D eigenvalue weighted by Crippen LogP contribution is -2.52. The maximum Gasteiger partial charge on any atom is 0.333 e. The third-order valence-electron chi connectivity index (χ3n) is 4.31. The molecule has 0 saturated carbocycles. The van der Waals surface area contributed by atoms with Gasteiger partial charge in [0.15, 0.2) is 0 Å². The molecule has 1 aromatic rings. The molecule has 1 saturated heterocycles. The Morgan fingerprint density at radius 1 is 0.900 bits per heavy atom. The van der Waals surface area contributed by atoms with Gasteiger partial charge in [0.1, 0.15) is 5.57 Å². The number of carbonyl (C=O) groups is 3. The van der Waals surface area contributed by atoms with Gasteiger partial charge in [0, 0.05) is 71.0 Å². The van der Waals surface area contributed by atoms with Crippen LogP contribution in [0.2, 0.25) is 0 Å². The summed E-state index contributed by atoms with van der Waals surface area (Å²) in [4.78, 5) is 61.4. The standard InChI is InChI=1S/C18H20N4O6.I2/c1-10(6-8-11-13(23)19(2)17(27)20(3)14(11)24)7-9-12-15(25)21(4)18(28)22(5)16(12)26;1-2/h6-9,23H,1-5H3;/p-1/b8-6+,10-7+;. The molecule has 1 aliphatic rings. The number of likely N-dealkylation sites (N-methyl/N-ethyl adjacent to an activating group) is 2. The van der Waals surface area contributed by atoms with Crippen LogP contribution in [-0.4, -0.2) is 50.9 Å². The van der Waals surface area contributed by atoms with E-state index in [0.29, 0.717) is 5.57 Å². The number of rotatable bonds is 3. The van der Waals surface area contributed by atoms with Crippen LogP contribution in [0.15, 0.2) is 39.0 Å². The van der Waals surface area contributed by atoms with Crippen LogP contribution in [0.3, 0.4) is 0 Å². The first-order valence-electron chi connectivity index (χ1n) is 8.27. The maximum atomic E-state index is 12.1. The average molecular weight is 641 g/mol. The smallest absolute Gasteiger partial charge is 0.333 e. The summed E-state index contributed by atoms with van der Waals surface area (Å²) in [7, 11) is 5.07. The molecular weight excluding hydrogens is 622 g/mol. The Morgan fingerprint density at radius 3 is 1.90 bits per heavy atom. The van der Waals surface area contributed by atoms with Crippen molar-refractivity contribution in [3.8, 4) is 5.88 Å². The van der Waals surface area contributed by atoms with Crippen molar-refractivity contribution in [2.45, 2.75) is 6.92 Å². The predicted molar refractivity (Wildman–Crippen MR) is 126 cm³/mol. The monoisotopic (exact) mass is 641 g/mol. The van der Waals surface area contributed by atoms with Crippen LogP contribution in [0.1, 0.15) is 12.5 Å². The molecule has 1 aromatic heterocycles. The van der Waals surface area contributed by atoms with Gasteiger partial charge in [-0.3, -0.25) is 28.8 Å². The molecule has 4 amide bonds. The number of amides is 4. The number of nitrogens with zero attached hydrogens (tertiary/aromatic N) is 4. The highest BCUT2D eigenvalue weighted by Crippen LogP contribution is 2.15. The minimum Gasteiger partial charge on any atom is -0.859 e. The van der Waals surface area contributed by atoms with Crippen LogP contribution in [0.5, 0.6) is 5.88 Å². The Labute approximate surface area is 195 Å². The topological polar surface area (TPSA) is 125 Å². The minimum absolute atomic E-state index is 0.195. The molecule has 0 unspecified atom stereocenters. The quantitative estimate of drug-likeness (QED) is 0.209. The van der Waals surface area contributed by atoms with E-state index in [2.05, 4.69) is 37.2 Å². The Bertz CT molecular complexity index is 1070. The second kappa shape index (κ2) is 10.7. The molecule has 0 aliphatic carbocycles. The van der Waals surface area contributed by atoms with Crippen LogP contribution in [0, 0.1) is 0 Å². The van der Waals surface area contributed by atoms with E-state index in [4.69, 9.17) is 0 Å². The van der Waals surface area contributed by atoms with E-state index in [1.807, 2.05) is 0 Å². The Balaban J connectivity index is 0.00000218. The van der Waals surface area contributed by atoms with Crippen LogP contribution >= 0.6 is 37.2 Å². The molecule has 0 atom stereocenters. The van der Waals surface area contributed by atoms with Gasteiger partial charge in [0.25, 0.3) is 17.4 Å². The molecular formula is C18H19I2N4O6-. The second-order valence-corrected chi connectivity index (χ2v) is 6.26. The fraction of sp³-hybridized carbons (Fsp3) is 0.278. The van der Waals surface area contributed by atoms with Crippen molar-refractivity contribution in [3.63, 3.8) is 0 Å². The van der Waals surface area contributed by atoms with Gasteiger partial charge in [-0.15, -0.1) is 0 Å². The summed E-state index contributed by atoms with van der Waals surface area (Å²) in [5, 5.41) is 12.1. The molecule has 2 rings (SSSR count). The largest absolute Gasteiger partial charge is 0.859 e. The molecule has 1 fully saturated rings. The molecule has 30 heavy (non-hydrogen) atoms. The van der Waals surface area contributed by atoms with E-state index in [-0.39, 0.29) is 11.1 Å². The van der Waals surface area contributed by atoms with Gasteiger partial charge in [-0.1, -0.05) is 17.7 Å². The minimum atomic E-state index is -0.727. The summed E-state index contributed by atoms with van der Waals surface area (Å²) in [6.07, 6.45) is 5.41. The van der Waals surface area contributed by atoms with Crippen molar-refractivity contribution in [2.24, 2.45) is 14.1 Å². The van der Waals surface area contributed by atoms with E-state index in [9.17, 15) is 29.1 Å². The van der Waals surface area contributed by atoms with Gasteiger partial charge in [0.2, 0.25) is 0 Å². The molecule has 10 nitrogen and oxygen atoms in total. The first-order valence-corrected chi connectivity index (χ1v) is 14.6. The lowest BCUT2D eigenvalue weighted by molar-refractivity contribution is -0.280. The molecule has 162 valence electrons. The van der Waals surface area contributed by atoms with Crippen LogP contribution in [-0.2, 0) is 23.7 Å². The van der Waals surface area contributed by atoms with E-state index in [1.165, 1.54) is 52.5 Å². The average Bonchev–Trinajstić information content (AvgIpc) is 2.74. The number of hydrogen-bond acceptors (Lipinski definition) is 6. The first kappa shape index (κ1) is 25.8. The summed E-state index contributed by atoms with van der Waals surface area (Å²) in [6.45, 7) is 1.63. The second-order valence-electron chi connectivity index (χ2n) is 6.26. The van der Waals surface area contributed by atoms with Gasteiger partial charge in [-0.2, -0.15) is 0 Å². The zero-order chi connectivity index (χ0) is 23.3. The molecule has 0 aromatic carbocycles. The van der Waals surface area contributed by atoms with E-state index < -0.39 is 35.0 Å². The summed E-state index contributed by atoms with van der Waals surface area (Å²) in [6, 6.07) is -0.721. The zero-order valence-corrected chi connectivity index (χ0v) is 21.1. The Kier molecular flexibility index (Phi) is 9.20. The fourth-order valence-electron chi connectivity index (χ4n) is 2.47. The van der Waals surface area contributed by atoms with Crippen molar-refractivity contribution in [3.05, 3.63) is 55.8 Å². The number of urea groups is 1. The fourth-order valence-corrected chi connectivity index (χ4v) is 2.47. The van der Waals surface area contributed by atoms with Crippen LogP contribution < -0.4 is 16.4 Å². The molecule has 1 aliphatic heterocycles.